The van der Waals surface area contributed by atoms with Gasteiger partial charge < -0.3 is 10.1 Å². The standard InChI is InChI=1S/C12H26N2OS/c1-10(9-13-5-7-15-4)14-6-8-16-12(3)11(14)2/h10-13H,5-9H2,1-4H3. The van der Waals surface area contributed by atoms with Crippen molar-refractivity contribution in [2.45, 2.75) is 38.1 Å². The molecule has 96 valence electrons. The van der Waals surface area contributed by atoms with E-state index in [0.29, 0.717) is 12.1 Å². The summed E-state index contributed by atoms with van der Waals surface area (Å²) < 4.78 is 5.03. The second-order valence-electron chi connectivity index (χ2n) is 4.60. The van der Waals surface area contributed by atoms with Crippen LogP contribution in [0.25, 0.3) is 0 Å². The van der Waals surface area contributed by atoms with Gasteiger partial charge in [-0.3, -0.25) is 4.90 Å². The number of thioether (sulfide) groups is 1. The summed E-state index contributed by atoms with van der Waals surface area (Å²) in [7, 11) is 1.75. The highest BCUT2D eigenvalue weighted by molar-refractivity contribution is 8.00. The fourth-order valence-electron chi connectivity index (χ4n) is 2.18. The molecule has 0 amide bonds. The van der Waals surface area contributed by atoms with Crippen molar-refractivity contribution in [1.82, 2.24) is 10.2 Å². The summed E-state index contributed by atoms with van der Waals surface area (Å²) in [4.78, 5) is 2.63. The Labute approximate surface area is 104 Å². The van der Waals surface area contributed by atoms with Gasteiger partial charge in [-0.25, -0.2) is 0 Å². The zero-order valence-corrected chi connectivity index (χ0v) is 11.8. The van der Waals surface area contributed by atoms with Crippen molar-refractivity contribution in [3.8, 4) is 0 Å². The third kappa shape index (κ3) is 4.24. The number of nitrogens with zero attached hydrogens (tertiary/aromatic N) is 1. The van der Waals surface area contributed by atoms with Crippen LogP contribution in [0.3, 0.4) is 0 Å². The van der Waals surface area contributed by atoms with Gasteiger partial charge in [0, 0.05) is 49.8 Å². The highest BCUT2D eigenvalue weighted by Gasteiger charge is 2.28. The molecule has 0 aromatic rings. The lowest BCUT2D eigenvalue weighted by Gasteiger charge is -2.41. The third-order valence-corrected chi connectivity index (χ3v) is 4.76. The quantitative estimate of drug-likeness (QED) is 0.717. The lowest BCUT2D eigenvalue weighted by molar-refractivity contribution is 0.149. The maximum Gasteiger partial charge on any atom is 0.0587 e. The second-order valence-corrected chi connectivity index (χ2v) is 6.09. The molecule has 1 N–H and O–H groups in total. The van der Waals surface area contributed by atoms with E-state index in [1.54, 1.807) is 7.11 Å². The molecule has 0 bridgehead atoms. The lowest BCUT2D eigenvalue weighted by atomic mass is 10.1. The van der Waals surface area contributed by atoms with E-state index in [9.17, 15) is 0 Å². The first-order chi connectivity index (χ1) is 7.66. The fraction of sp³-hybridized carbons (Fsp3) is 1.00. The molecule has 0 radical (unpaired) electrons. The van der Waals surface area contributed by atoms with Crippen molar-refractivity contribution in [3.63, 3.8) is 0 Å². The summed E-state index contributed by atoms with van der Waals surface area (Å²) in [5.74, 6) is 1.27. The summed E-state index contributed by atoms with van der Waals surface area (Å²) >= 11 is 2.10. The van der Waals surface area contributed by atoms with Crippen LogP contribution in [0.15, 0.2) is 0 Å². The topological polar surface area (TPSA) is 24.5 Å². The largest absolute Gasteiger partial charge is 0.383 e. The molecule has 16 heavy (non-hydrogen) atoms. The molecule has 1 fully saturated rings. The minimum Gasteiger partial charge on any atom is -0.383 e. The molecule has 4 heteroatoms. The van der Waals surface area contributed by atoms with E-state index in [4.69, 9.17) is 4.74 Å². The number of nitrogens with one attached hydrogen (secondary N) is 1. The van der Waals surface area contributed by atoms with Crippen molar-refractivity contribution in [2.24, 2.45) is 0 Å². The maximum absolute atomic E-state index is 5.03. The van der Waals surface area contributed by atoms with Crippen LogP contribution in [0, 0.1) is 0 Å². The van der Waals surface area contributed by atoms with E-state index >= 15 is 0 Å². The van der Waals surface area contributed by atoms with Gasteiger partial charge in [0.1, 0.15) is 0 Å². The van der Waals surface area contributed by atoms with E-state index in [2.05, 4.69) is 42.7 Å². The Morgan fingerprint density at radius 1 is 1.50 bits per heavy atom. The first kappa shape index (κ1) is 14.3. The van der Waals surface area contributed by atoms with Crippen LogP contribution in [0.1, 0.15) is 20.8 Å². The average molecular weight is 246 g/mol. The van der Waals surface area contributed by atoms with Crippen LogP contribution >= 0.6 is 11.8 Å². The Hall–Kier alpha value is 0.230. The Morgan fingerprint density at radius 2 is 2.25 bits per heavy atom. The van der Waals surface area contributed by atoms with Gasteiger partial charge in [0.2, 0.25) is 0 Å². The minimum absolute atomic E-state index is 0.621. The molecule has 3 unspecified atom stereocenters. The Morgan fingerprint density at radius 3 is 2.94 bits per heavy atom. The molecule has 1 aliphatic heterocycles. The first-order valence-corrected chi connectivity index (χ1v) is 7.28. The zero-order valence-electron chi connectivity index (χ0n) is 11.0. The van der Waals surface area contributed by atoms with Gasteiger partial charge in [0.15, 0.2) is 0 Å². The number of methoxy groups -OCH3 is 1. The van der Waals surface area contributed by atoms with Gasteiger partial charge in [-0.2, -0.15) is 11.8 Å². The van der Waals surface area contributed by atoms with Gasteiger partial charge in [-0.1, -0.05) is 6.92 Å². The molecule has 0 aromatic carbocycles. The van der Waals surface area contributed by atoms with Crippen LogP contribution in [-0.4, -0.2) is 61.3 Å². The van der Waals surface area contributed by atoms with E-state index in [0.717, 1.165) is 24.9 Å². The third-order valence-electron chi connectivity index (χ3n) is 3.42. The Balaban J connectivity index is 2.26. The van der Waals surface area contributed by atoms with Gasteiger partial charge in [0.25, 0.3) is 0 Å². The van der Waals surface area contributed by atoms with Gasteiger partial charge in [-0.15, -0.1) is 0 Å². The highest BCUT2D eigenvalue weighted by atomic mass is 32.2. The molecule has 0 saturated carbocycles. The van der Waals surface area contributed by atoms with Crippen LogP contribution < -0.4 is 5.32 Å². The zero-order chi connectivity index (χ0) is 12.0. The normalized spacial score (nSPS) is 29.2. The Bertz CT molecular complexity index is 192. The summed E-state index contributed by atoms with van der Waals surface area (Å²) in [6.45, 7) is 11.0. The van der Waals surface area contributed by atoms with E-state index in [1.807, 2.05) is 0 Å². The summed E-state index contributed by atoms with van der Waals surface area (Å²) in [5, 5.41) is 4.20. The molecule has 1 aliphatic rings. The summed E-state index contributed by atoms with van der Waals surface area (Å²) in [5.41, 5.74) is 0. The van der Waals surface area contributed by atoms with Crippen molar-refractivity contribution >= 4 is 11.8 Å². The lowest BCUT2D eigenvalue weighted by Crippen LogP contribution is -2.52. The van der Waals surface area contributed by atoms with Gasteiger partial charge in [-0.05, 0) is 13.8 Å². The number of hydrogen-bond acceptors (Lipinski definition) is 4. The van der Waals surface area contributed by atoms with E-state index in [-0.39, 0.29) is 0 Å². The van der Waals surface area contributed by atoms with Gasteiger partial charge in [0.05, 0.1) is 6.61 Å². The fourth-order valence-corrected chi connectivity index (χ4v) is 3.30. The molecule has 0 aromatic heterocycles. The monoisotopic (exact) mass is 246 g/mol. The van der Waals surface area contributed by atoms with Crippen molar-refractivity contribution < 1.29 is 4.74 Å². The molecule has 0 aliphatic carbocycles. The van der Waals surface area contributed by atoms with E-state index in [1.165, 1.54) is 12.3 Å². The van der Waals surface area contributed by atoms with Gasteiger partial charge >= 0.3 is 0 Å². The predicted molar refractivity (Wildman–Crippen MR) is 72.3 cm³/mol. The van der Waals surface area contributed by atoms with Crippen molar-refractivity contribution in [1.29, 1.82) is 0 Å². The highest BCUT2D eigenvalue weighted by Crippen LogP contribution is 2.25. The maximum atomic E-state index is 5.03. The predicted octanol–water partition coefficient (Wildman–Crippen LogP) is 1.44. The molecule has 1 saturated heterocycles. The van der Waals surface area contributed by atoms with Crippen molar-refractivity contribution in [3.05, 3.63) is 0 Å². The van der Waals surface area contributed by atoms with Crippen LogP contribution in [0.2, 0.25) is 0 Å². The number of rotatable bonds is 6. The van der Waals surface area contributed by atoms with Crippen LogP contribution in [0.4, 0.5) is 0 Å². The SMILES string of the molecule is COCCNCC(C)N1CCSC(C)C1C. The van der Waals surface area contributed by atoms with Crippen LogP contribution in [-0.2, 0) is 4.74 Å². The summed E-state index contributed by atoms with van der Waals surface area (Å²) in [6, 6.07) is 1.31. The molecule has 0 spiro atoms. The molecule has 1 heterocycles. The number of hydrogen-bond donors (Lipinski definition) is 1. The average Bonchev–Trinajstić information content (AvgIpc) is 2.28. The number of ether oxygens (including phenoxy) is 1. The minimum atomic E-state index is 0.621. The van der Waals surface area contributed by atoms with Crippen molar-refractivity contribution in [2.75, 3.05) is 39.1 Å². The first-order valence-electron chi connectivity index (χ1n) is 6.23. The Kier molecular flexibility index (Phi) is 6.73. The second kappa shape index (κ2) is 7.54. The molecule has 1 rings (SSSR count). The molecule has 3 atom stereocenters. The molecule has 3 nitrogen and oxygen atoms in total. The van der Waals surface area contributed by atoms with Crippen LogP contribution in [0.5, 0.6) is 0 Å². The molecular weight excluding hydrogens is 220 g/mol. The smallest absolute Gasteiger partial charge is 0.0587 e. The van der Waals surface area contributed by atoms with E-state index < -0.39 is 0 Å². The summed E-state index contributed by atoms with van der Waals surface area (Å²) in [6.07, 6.45) is 0. The molecular formula is C12H26N2OS.